The minimum absolute atomic E-state index is 0.303. The molecular formula is C13H18ClN3O2S. The standard InChI is InChI=1S/C13H18ClN3O2S/c1-8-3-4-9(14)7-11(8)16-12(18)10(5-6-20-2)17-13(15)19/h3-4,7,10H,5-6H2,1-2H3,(H,16,18)(H3,15,17,19). The van der Waals surface area contributed by atoms with Gasteiger partial charge in [-0.1, -0.05) is 17.7 Å². The van der Waals surface area contributed by atoms with E-state index in [0.717, 1.165) is 11.3 Å². The van der Waals surface area contributed by atoms with Crippen molar-refractivity contribution in [2.75, 3.05) is 17.3 Å². The third kappa shape index (κ3) is 5.30. The van der Waals surface area contributed by atoms with Crippen LogP contribution in [0.2, 0.25) is 5.02 Å². The molecule has 1 atom stereocenters. The number of nitrogens with one attached hydrogen (secondary N) is 2. The van der Waals surface area contributed by atoms with Crippen LogP contribution in [0.25, 0.3) is 0 Å². The molecule has 3 amide bonds. The highest BCUT2D eigenvalue weighted by molar-refractivity contribution is 7.98. The molecule has 1 aromatic carbocycles. The first-order chi connectivity index (χ1) is 9.43. The predicted octanol–water partition coefficient (Wildman–Crippen LogP) is 2.38. The number of halogens is 1. The van der Waals surface area contributed by atoms with E-state index in [0.29, 0.717) is 17.1 Å². The summed E-state index contributed by atoms with van der Waals surface area (Å²) >= 11 is 7.50. The van der Waals surface area contributed by atoms with E-state index in [9.17, 15) is 9.59 Å². The second-order valence-corrected chi connectivity index (χ2v) is 5.71. The lowest BCUT2D eigenvalue weighted by molar-refractivity contribution is -0.117. The summed E-state index contributed by atoms with van der Waals surface area (Å²) in [5.41, 5.74) is 6.61. The molecule has 0 heterocycles. The summed E-state index contributed by atoms with van der Waals surface area (Å²) in [5.74, 6) is 0.440. The maximum atomic E-state index is 12.2. The van der Waals surface area contributed by atoms with Crippen LogP contribution in [0.5, 0.6) is 0 Å². The SMILES string of the molecule is CSCCC(NC(N)=O)C(=O)Nc1cc(Cl)ccc1C. The van der Waals surface area contributed by atoms with Gasteiger partial charge < -0.3 is 16.4 Å². The zero-order chi connectivity index (χ0) is 15.1. The molecule has 1 rings (SSSR count). The van der Waals surface area contributed by atoms with Crippen LogP contribution >= 0.6 is 23.4 Å². The number of primary amides is 1. The molecule has 0 aromatic heterocycles. The second kappa shape index (κ2) is 8.01. The Morgan fingerprint density at radius 3 is 2.75 bits per heavy atom. The minimum Gasteiger partial charge on any atom is -0.352 e. The monoisotopic (exact) mass is 315 g/mol. The number of hydrogen-bond donors (Lipinski definition) is 3. The fourth-order valence-corrected chi connectivity index (χ4v) is 2.27. The molecule has 0 aliphatic heterocycles. The normalized spacial score (nSPS) is 11.8. The fourth-order valence-electron chi connectivity index (χ4n) is 1.62. The number of carbonyl (C=O) groups is 2. The number of hydrogen-bond acceptors (Lipinski definition) is 3. The Balaban J connectivity index is 2.78. The van der Waals surface area contributed by atoms with Gasteiger partial charge in [-0.15, -0.1) is 0 Å². The molecule has 0 saturated carbocycles. The first-order valence-electron chi connectivity index (χ1n) is 6.06. The van der Waals surface area contributed by atoms with Gasteiger partial charge in [-0.25, -0.2) is 4.79 Å². The molecule has 20 heavy (non-hydrogen) atoms. The molecule has 5 nitrogen and oxygen atoms in total. The van der Waals surface area contributed by atoms with E-state index in [1.165, 1.54) is 0 Å². The van der Waals surface area contributed by atoms with E-state index >= 15 is 0 Å². The van der Waals surface area contributed by atoms with Crippen LogP contribution in [-0.2, 0) is 4.79 Å². The summed E-state index contributed by atoms with van der Waals surface area (Å²) in [6.45, 7) is 1.87. The van der Waals surface area contributed by atoms with E-state index in [1.807, 2.05) is 19.2 Å². The van der Waals surface area contributed by atoms with Crippen molar-refractivity contribution < 1.29 is 9.59 Å². The van der Waals surface area contributed by atoms with Crippen molar-refractivity contribution in [3.63, 3.8) is 0 Å². The van der Waals surface area contributed by atoms with Crippen LogP contribution in [0.3, 0.4) is 0 Å². The van der Waals surface area contributed by atoms with Crippen molar-refractivity contribution in [1.29, 1.82) is 0 Å². The summed E-state index contributed by atoms with van der Waals surface area (Å²) in [4.78, 5) is 23.1. The Labute approximate surface area is 127 Å². The highest BCUT2D eigenvalue weighted by atomic mass is 35.5. The molecule has 1 aromatic rings. The van der Waals surface area contributed by atoms with Gasteiger partial charge in [-0.2, -0.15) is 11.8 Å². The van der Waals surface area contributed by atoms with Crippen molar-refractivity contribution in [3.8, 4) is 0 Å². The summed E-state index contributed by atoms with van der Waals surface area (Å²) < 4.78 is 0. The molecule has 0 bridgehead atoms. The fraction of sp³-hybridized carbons (Fsp3) is 0.385. The highest BCUT2D eigenvalue weighted by Crippen LogP contribution is 2.20. The summed E-state index contributed by atoms with van der Waals surface area (Å²) in [7, 11) is 0. The Morgan fingerprint density at radius 1 is 1.45 bits per heavy atom. The molecule has 1 unspecified atom stereocenters. The van der Waals surface area contributed by atoms with Gasteiger partial charge in [0.15, 0.2) is 0 Å². The van der Waals surface area contributed by atoms with Crippen LogP contribution in [0.1, 0.15) is 12.0 Å². The zero-order valence-electron chi connectivity index (χ0n) is 11.4. The number of thioether (sulfide) groups is 1. The van der Waals surface area contributed by atoms with Crippen LogP contribution < -0.4 is 16.4 Å². The molecule has 4 N–H and O–H groups in total. The Hall–Kier alpha value is -1.40. The van der Waals surface area contributed by atoms with Gasteiger partial charge >= 0.3 is 6.03 Å². The van der Waals surface area contributed by atoms with E-state index < -0.39 is 12.1 Å². The molecule has 0 fully saturated rings. The smallest absolute Gasteiger partial charge is 0.312 e. The van der Waals surface area contributed by atoms with E-state index in [4.69, 9.17) is 17.3 Å². The quantitative estimate of drug-likeness (QED) is 0.753. The molecule has 7 heteroatoms. The lowest BCUT2D eigenvalue weighted by Gasteiger charge is -2.17. The van der Waals surface area contributed by atoms with E-state index in [1.54, 1.807) is 23.9 Å². The van der Waals surface area contributed by atoms with E-state index in [-0.39, 0.29) is 5.91 Å². The molecule has 0 aliphatic rings. The number of rotatable bonds is 6. The van der Waals surface area contributed by atoms with Gasteiger partial charge in [0.2, 0.25) is 5.91 Å². The summed E-state index contributed by atoms with van der Waals surface area (Å²) in [6.07, 6.45) is 2.44. The molecular weight excluding hydrogens is 298 g/mol. The summed E-state index contributed by atoms with van der Waals surface area (Å²) in [5, 5.41) is 5.75. The van der Waals surface area contributed by atoms with Crippen molar-refractivity contribution in [2.24, 2.45) is 5.73 Å². The van der Waals surface area contributed by atoms with E-state index in [2.05, 4.69) is 10.6 Å². The van der Waals surface area contributed by atoms with Gasteiger partial charge in [-0.05, 0) is 43.0 Å². The Morgan fingerprint density at radius 2 is 2.15 bits per heavy atom. The predicted molar refractivity (Wildman–Crippen MR) is 84.3 cm³/mol. The van der Waals surface area contributed by atoms with Gasteiger partial charge in [-0.3, -0.25) is 4.79 Å². The molecule has 110 valence electrons. The number of urea groups is 1. The van der Waals surface area contributed by atoms with Gasteiger partial charge in [0.1, 0.15) is 6.04 Å². The lowest BCUT2D eigenvalue weighted by Crippen LogP contribution is -2.46. The Kier molecular flexibility index (Phi) is 6.67. The average molecular weight is 316 g/mol. The van der Waals surface area contributed by atoms with Crippen molar-refractivity contribution in [3.05, 3.63) is 28.8 Å². The van der Waals surface area contributed by atoms with Gasteiger partial charge in [0, 0.05) is 10.7 Å². The number of nitrogens with two attached hydrogens (primary N) is 1. The number of benzene rings is 1. The van der Waals surface area contributed by atoms with Crippen molar-refractivity contribution >= 4 is 41.0 Å². The first-order valence-corrected chi connectivity index (χ1v) is 7.83. The third-order valence-corrected chi connectivity index (χ3v) is 3.58. The number of aryl methyl sites for hydroxylation is 1. The maximum absolute atomic E-state index is 12.2. The molecule has 0 radical (unpaired) electrons. The number of anilines is 1. The van der Waals surface area contributed by atoms with Crippen LogP contribution in [0.4, 0.5) is 10.5 Å². The maximum Gasteiger partial charge on any atom is 0.312 e. The second-order valence-electron chi connectivity index (χ2n) is 4.29. The van der Waals surface area contributed by atoms with Crippen molar-refractivity contribution in [1.82, 2.24) is 5.32 Å². The van der Waals surface area contributed by atoms with Gasteiger partial charge in [0.05, 0.1) is 0 Å². The largest absolute Gasteiger partial charge is 0.352 e. The average Bonchev–Trinajstić information content (AvgIpc) is 2.38. The summed E-state index contributed by atoms with van der Waals surface area (Å²) in [6, 6.07) is 3.87. The number of amides is 3. The Bertz CT molecular complexity index is 497. The lowest BCUT2D eigenvalue weighted by atomic mass is 10.1. The molecule has 0 saturated heterocycles. The van der Waals surface area contributed by atoms with Gasteiger partial charge in [0.25, 0.3) is 0 Å². The topological polar surface area (TPSA) is 84.2 Å². The van der Waals surface area contributed by atoms with Crippen molar-refractivity contribution in [2.45, 2.75) is 19.4 Å². The highest BCUT2D eigenvalue weighted by Gasteiger charge is 2.20. The third-order valence-electron chi connectivity index (χ3n) is 2.70. The van der Waals surface area contributed by atoms with Crippen LogP contribution in [0.15, 0.2) is 18.2 Å². The first kappa shape index (κ1) is 16.7. The van der Waals surface area contributed by atoms with Crippen LogP contribution in [0, 0.1) is 6.92 Å². The zero-order valence-corrected chi connectivity index (χ0v) is 13.0. The number of carbonyl (C=O) groups excluding carboxylic acids is 2. The van der Waals surface area contributed by atoms with Crippen LogP contribution in [-0.4, -0.2) is 30.0 Å². The molecule has 0 aliphatic carbocycles. The minimum atomic E-state index is -0.714. The molecule has 0 spiro atoms.